The quantitative estimate of drug-likeness (QED) is 0.899. The van der Waals surface area contributed by atoms with Gasteiger partial charge in [-0.2, -0.15) is 5.10 Å². The van der Waals surface area contributed by atoms with E-state index in [1.54, 1.807) is 0 Å². The Labute approximate surface area is 131 Å². The lowest BCUT2D eigenvalue weighted by Gasteiger charge is -2.14. The predicted molar refractivity (Wildman–Crippen MR) is 90.0 cm³/mol. The number of rotatable bonds is 2. The molecule has 3 aliphatic carbocycles. The lowest BCUT2D eigenvalue weighted by atomic mass is 9.90. The molecular formula is C19H23N3. The first-order chi connectivity index (χ1) is 10.6. The summed E-state index contributed by atoms with van der Waals surface area (Å²) in [6, 6.07) is 0. The molecular weight excluding hydrogens is 270 g/mol. The molecule has 0 fully saturated rings. The van der Waals surface area contributed by atoms with Gasteiger partial charge in [0.1, 0.15) is 0 Å². The summed E-state index contributed by atoms with van der Waals surface area (Å²) in [5.74, 6) is 0. The molecule has 0 bridgehead atoms. The van der Waals surface area contributed by atoms with Crippen molar-refractivity contribution in [2.24, 2.45) is 5.73 Å². The van der Waals surface area contributed by atoms with Gasteiger partial charge in [-0.1, -0.05) is 23.3 Å². The minimum Gasteiger partial charge on any atom is -0.402 e. The van der Waals surface area contributed by atoms with Gasteiger partial charge in [0.25, 0.3) is 0 Å². The van der Waals surface area contributed by atoms with Gasteiger partial charge in [0, 0.05) is 23.9 Å². The Balaban J connectivity index is 1.64. The van der Waals surface area contributed by atoms with Gasteiger partial charge < -0.3 is 5.73 Å². The van der Waals surface area contributed by atoms with Crippen LogP contribution < -0.4 is 5.73 Å². The zero-order valence-electron chi connectivity index (χ0n) is 13.4. The second kappa shape index (κ2) is 5.01. The fraction of sp³-hybridized carbons (Fsp3) is 0.421. The third-order valence-corrected chi connectivity index (χ3v) is 5.19. The second-order valence-electron chi connectivity index (χ2n) is 6.84. The Bertz CT molecular complexity index is 769. The molecule has 0 atom stereocenters. The Kier molecular flexibility index (Phi) is 3.10. The summed E-state index contributed by atoms with van der Waals surface area (Å²) >= 11 is 0. The zero-order chi connectivity index (χ0) is 15.3. The molecule has 2 N–H and O–H groups in total. The van der Waals surface area contributed by atoms with Crippen LogP contribution in [0.2, 0.25) is 0 Å². The summed E-state index contributed by atoms with van der Waals surface area (Å²) in [6.07, 6.45) is 12.3. The van der Waals surface area contributed by atoms with Crippen LogP contribution in [0.1, 0.15) is 50.8 Å². The number of hydrogen-bond donors (Lipinski definition) is 1. The molecule has 3 heteroatoms. The van der Waals surface area contributed by atoms with Crippen molar-refractivity contribution in [1.29, 1.82) is 0 Å². The maximum atomic E-state index is 6.15. The maximum Gasteiger partial charge on any atom is 0.0958 e. The third kappa shape index (κ3) is 2.16. The second-order valence-corrected chi connectivity index (χ2v) is 6.84. The molecule has 22 heavy (non-hydrogen) atoms. The number of hydrogen-bond acceptors (Lipinski definition) is 2. The van der Waals surface area contributed by atoms with E-state index in [0.717, 1.165) is 37.9 Å². The van der Waals surface area contributed by atoms with E-state index in [1.807, 2.05) is 0 Å². The molecule has 3 nitrogen and oxygen atoms in total. The summed E-state index contributed by atoms with van der Waals surface area (Å²) in [5, 5.41) is 4.90. The van der Waals surface area contributed by atoms with Crippen LogP contribution in [0.5, 0.6) is 0 Å². The highest BCUT2D eigenvalue weighted by Crippen LogP contribution is 2.42. The first kappa shape index (κ1) is 13.6. The highest BCUT2D eigenvalue weighted by Gasteiger charge is 2.28. The SMILES string of the molecule is CC1=CC=C(Cn2cc3c(n2)C2=C(CC3)CC(N)=C2C)CC1. The summed E-state index contributed by atoms with van der Waals surface area (Å²) < 4.78 is 2.13. The van der Waals surface area contributed by atoms with E-state index in [1.165, 1.54) is 45.5 Å². The number of fused-ring (bicyclic) bond motifs is 2. The van der Waals surface area contributed by atoms with Crippen molar-refractivity contribution in [3.8, 4) is 0 Å². The number of aromatic nitrogens is 2. The molecule has 0 radical (unpaired) electrons. The number of allylic oxidation sites excluding steroid dienone is 7. The standard InChI is InChI=1S/C19H23N3/c1-12-3-5-14(6-4-12)10-22-11-16-8-7-15-9-17(20)13(2)18(15)19(16)21-22/h3,5,11H,4,6-10,20H2,1-2H3. The van der Waals surface area contributed by atoms with Crippen molar-refractivity contribution >= 4 is 5.57 Å². The number of nitrogens with zero attached hydrogens (tertiary/aromatic N) is 2. The summed E-state index contributed by atoms with van der Waals surface area (Å²) in [7, 11) is 0. The highest BCUT2D eigenvalue weighted by molar-refractivity contribution is 5.85. The predicted octanol–water partition coefficient (Wildman–Crippen LogP) is 3.89. The Morgan fingerprint density at radius 1 is 1.14 bits per heavy atom. The molecule has 0 saturated heterocycles. The molecule has 0 aliphatic heterocycles. The van der Waals surface area contributed by atoms with E-state index >= 15 is 0 Å². The van der Waals surface area contributed by atoms with Gasteiger partial charge in [-0.05, 0) is 56.2 Å². The normalized spacial score (nSPS) is 20.8. The third-order valence-electron chi connectivity index (χ3n) is 5.19. The van der Waals surface area contributed by atoms with E-state index in [2.05, 4.69) is 36.9 Å². The van der Waals surface area contributed by atoms with Gasteiger partial charge >= 0.3 is 0 Å². The smallest absolute Gasteiger partial charge is 0.0958 e. The molecule has 1 aromatic rings. The van der Waals surface area contributed by atoms with Crippen LogP contribution in [0.3, 0.4) is 0 Å². The summed E-state index contributed by atoms with van der Waals surface area (Å²) in [6.45, 7) is 5.26. The van der Waals surface area contributed by atoms with Crippen LogP contribution >= 0.6 is 0 Å². The summed E-state index contributed by atoms with van der Waals surface area (Å²) in [5.41, 5.74) is 16.8. The topological polar surface area (TPSA) is 43.8 Å². The molecule has 0 amide bonds. The zero-order valence-corrected chi connectivity index (χ0v) is 13.4. The van der Waals surface area contributed by atoms with Gasteiger partial charge in [-0.15, -0.1) is 0 Å². The van der Waals surface area contributed by atoms with Crippen LogP contribution in [0, 0.1) is 0 Å². The molecule has 4 rings (SSSR count). The lowest BCUT2D eigenvalue weighted by molar-refractivity contribution is 0.648. The molecule has 1 heterocycles. The van der Waals surface area contributed by atoms with E-state index < -0.39 is 0 Å². The van der Waals surface area contributed by atoms with Crippen LogP contribution in [-0.4, -0.2) is 9.78 Å². The van der Waals surface area contributed by atoms with Crippen molar-refractivity contribution < 1.29 is 0 Å². The molecule has 3 aliphatic rings. The van der Waals surface area contributed by atoms with Crippen molar-refractivity contribution in [3.05, 3.63) is 57.6 Å². The fourth-order valence-corrected chi connectivity index (χ4v) is 3.78. The van der Waals surface area contributed by atoms with Gasteiger partial charge in [0.2, 0.25) is 0 Å². The van der Waals surface area contributed by atoms with Gasteiger partial charge in [-0.3, -0.25) is 4.68 Å². The largest absolute Gasteiger partial charge is 0.402 e. The Morgan fingerprint density at radius 3 is 2.77 bits per heavy atom. The average molecular weight is 293 g/mol. The van der Waals surface area contributed by atoms with E-state index in [0.29, 0.717) is 0 Å². The Hall–Kier alpha value is -2.03. The van der Waals surface area contributed by atoms with Crippen LogP contribution in [0.25, 0.3) is 5.57 Å². The fourth-order valence-electron chi connectivity index (χ4n) is 3.78. The van der Waals surface area contributed by atoms with Gasteiger partial charge in [0.05, 0.1) is 12.2 Å². The van der Waals surface area contributed by atoms with Crippen molar-refractivity contribution in [2.45, 2.75) is 52.5 Å². The summed E-state index contributed by atoms with van der Waals surface area (Å²) in [4.78, 5) is 0. The number of aryl methyl sites for hydroxylation is 1. The Morgan fingerprint density at radius 2 is 2.00 bits per heavy atom. The first-order valence-electron chi connectivity index (χ1n) is 8.21. The molecule has 0 spiro atoms. The average Bonchev–Trinajstić information content (AvgIpc) is 3.03. The molecule has 0 unspecified atom stereocenters. The van der Waals surface area contributed by atoms with Crippen LogP contribution in [0.4, 0.5) is 0 Å². The highest BCUT2D eigenvalue weighted by atomic mass is 15.3. The number of nitrogens with two attached hydrogens (primary N) is 1. The maximum absolute atomic E-state index is 6.15. The molecule has 114 valence electrons. The van der Waals surface area contributed by atoms with Crippen LogP contribution in [0.15, 0.2) is 46.3 Å². The van der Waals surface area contributed by atoms with Crippen LogP contribution in [-0.2, 0) is 13.0 Å². The van der Waals surface area contributed by atoms with E-state index in [-0.39, 0.29) is 0 Å². The van der Waals surface area contributed by atoms with Gasteiger partial charge in [-0.25, -0.2) is 0 Å². The lowest BCUT2D eigenvalue weighted by Crippen LogP contribution is -2.05. The molecule has 0 saturated carbocycles. The monoisotopic (exact) mass is 293 g/mol. The molecule has 1 aromatic heterocycles. The minimum atomic E-state index is 0.914. The minimum absolute atomic E-state index is 0.914. The van der Waals surface area contributed by atoms with Crippen molar-refractivity contribution in [2.75, 3.05) is 0 Å². The van der Waals surface area contributed by atoms with Crippen molar-refractivity contribution in [3.63, 3.8) is 0 Å². The van der Waals surface area contributed by atoms with E-state index in [4.69, 9.17) is 10.8 Å². The first-order valence-corrected chi connectivity index (χ1v) is 8.21. The molecule has 0 aromatic carbocycles. The van der Waals surface area contributed by atoms with Gasteiger partial charge in [0.15, 0.2) is 0 Å². The van der Waals surface area contributed by atoms with Crippen molar-refractivity contribution in [1.82, 2.24) is 9.78 Å². The van der Waals surface area contributed by atoms with E-state index in [9.17, 15) is 0 Å².